The number of nitrogens with zero attached hydrogens (tertiary/aromatic N) is 1. The molecule has 32 heavy (non-hydrogen) atoms. The molecule has 1 aliphatic heterocycles. The number of hydrogen-bond acceptors (Lipinski definition) is 3. The Hall–Kier alpha value is -3.60. The number of benzene rings is 3. The van der Waals surface area contributed by atoms with Gasteiger partial charge < -0.3 is 16.0 Å². The molecule has 3 N–H and O–H groups in total. The maximum absolute atomic E-state index is 12.7. The first kappa shape index (κ1) is 21.6. The van der Waals surface area contributed by atoms with Crippen LogP contribution in [0.4, 0.5) is 11.4 Å². The van der Waals surface area contributed by atoms with Gasteiger partial charge in [-0.05, 0) is 60.4 Å². The van der Waals surface area contributed by atoms with Crippen LogP contribution in [0.15, 0.2) is 78.9 Å². The van der Waals surface area contributed by atoms with Gasteiger partial charge in [-0.2, -0.15) is 0 Å². The van der Waals surface area contributed by atoms with Crippen LogP contribution in [0.3, 0.4) is 0 Å². The number of anilines is 2. The van der Waals surface area contributed by atoms with E-state index >= 15 is 0 Å². The number of carbonyl (C=O) groups excluding carboxylic acids is 2. The van der Waals surface area contributed by atoms with E-state index in [2.05, 4.69) is 41.7 Å². The lowest BCUT2D eigenvalue weighted by molar-refractivity contribution is -0.144. The number of carbonyl (C=O) groups is 2. The summed E-state index contributed by atoms with van der Waals surface area (Å²) in [5.41, 5.74) is 10.6. The molecule has 0 spiro atoms. The summed E-state index contributed by atoms with van der Waals surface area (Å²) in [7, 11) is 0. The van der Waals surface area contributed by atoms with Crippen molar-refractivity contribution in [1.82, 2.24) is 4.90 Å². The summed E-state index contributed by atoms with van der Waals surface area (Å²) in [5.74, 6) is -0.581. The Bertz CT molecular complexity index is 1060. The number of nitrogen functional groups attached to an aromatic ring is 1. The fourth-order valence-corrected chi connectivity index (χ4v) is 4.27. The molecule has 0 radical (unpaired) electrons. The monoisotopic (exact) mass is 427 g/mol. The summed E-state index contributed by atoms with van der Waals surface area (Å²) in [6.07, 6.45) is 3.59. The molecule has 0 saturated carbocycles. The number of piperidine rings is 1. The topological polar surface area (TPSA) is 75.4 Å². The van der Waals surface area contributed by atoms with E-state index in [9.17, 15) is 9.59 Å². The predicted octanol–water partition coefficient (Wildman–Crippen LogP) is 4.28. The molecule has 164 valence electrons. The van der Waals surface area contributed by atoms with Gasteiger partial charge >= 0.3 is 11.8 Å². The van der Waals surface area contributed by atoms with E-state index in [0.29, 0.717) is 30.4 Å². The minimum atomic E-state index is -0.631. The molecule has 3 aromatic carbocycles. The molecular formula is C27H29N3O2. The average molecular weight is 428 g/mol. The van der Waals surface area contributed by atoms with Crippen LogP contribution < -0.4 is 11.1 Å². The molecule has 1 saturated heterocycles. The van der Waals surface area contributed by atoms with Crippen molar-refractivity contribution in [2.45, 2.75) is 25.7 Å². The third-order valence-corrected chi connectivity index (χ3v) is 6.08. The SMILES string of the molecule is Nc1cc(Cc2ccccc2)ccc1NC(=O)C(=O)N1CCC(Cc2ccccc2)CC1. The van der Waals surface area contributed by atoms with Gasteiger partial charge in [-0.25, -0.2) is 0 Å². The minimum Gasteiger partial charge on any atom is -0.397 e. The largest absolute Gasteiger partial charge is 0.397 e. The summed E-state index contributed by atoms with van der Waals surface area (Å²) in [5, 5.41) is 2.69. The first-order chi connectivity index (χ1) is 15.6. The van der Waals surface area contributed by atoms with E-state index in [4.69, 9.17) is 5.73 Å². The van der Waals surface area contributed by atoms with Gasteiger partial charge in [0.1, 0.15) is 0 Å². The highest BCUT2D eigenvalue weighted by Crippen LogP contribution is 2.24. The van der Waals surface area contributed by atoms with Crippen molar-refractivity contribution < 1.29 is 9.59 Å². The number of likely N-dealkylation sites (tertiary alicyclic amines) is 1. The van der Waals surface area contributed by atoms with Crippen molar-refractivity contribution in [3.05, 3.63) is 95.6 Å². The van der Waals surface area contributed by atoms with E-state index in [0.717, 1.165) is 31.2 Å². The van der Waals surface area contributed by atoms with Gasteiger partial charge in [0.15, 0.2) is 0 Å². The number of nitrogens with two attached hydrogens (primary N) is 1. The Morgan fingerprint density at radius 2 is 1.47 bits per heavy atom. The molecule has 1 fully saturated rings. The maximum Gasteiger partial charge on any atom is 0.313 e. The standard InChI is InChI=1S/C27H29N3O2/c28-24-19-23(18-21-9-5-2-6-10-21)11-12-25(24)29-26(31)27(32)30-15-13-22(14-16-30)17-20-7-3-1-4-8-20/h1-12,19,22H,13-18,28H2,(H,29,31). The number of amides is 2. The maximum atomic E-state index is 12.7. The van der Waals surface area contributed by atoms with Crippen LogP contribution in [0, 0.1) is 5.92 Å². The van der Waals surface area contributed by atoms with Crippen molar-refractivity contribution >= 4 is 23.2 Å². The molecule has 0 unspecified atom stereocenters. The summed E-state index contributed by atoms with van der Waals surface area (Å²) in [6, 6.07) is 26.1. The predicted molar refractivity (Wildman–Crippen MR) is 128 cm³/mol. The van der Waals surface area contributed by atoms with Crippen LogP contribution in [0.1, 0.15) is 29.5 Å². The molecule has 1 aliphatic rings. The van der Waals surface area contributed by atoms with E-state index in [-0.39, 0.29) is 0 Å². The van der Waals surface area contributed by atoms with E-state index in [1.54, 1.807) is 11.0 Å². The summed E-state index contributed by atoms with van der Waals surface area (Å²) >= 11 is 0. The normalized spacial score (nSPS) is 14.2. The summed E-state index contributed by atoms with van der Waals surface area (Å²) < 4.78 is 0. The summed E-state index contributed by atoms with van der Waals surface area (Å²) in [6.45, 7) is 1.21. The minimum absolute atomic E-state index is 0.459. The molecule has 4 rings (SSSR count). The number of nitrogens with one attached hydrogen (secondary N) is 1. The lowest BCUT2D eigenvalue weighted by atomic mass is 9.90. The van der Waals surface area contributed by atoms with Crippen LogP contribution in [-0.4, -0.2) is 29.8 Å². The molecule has 3 aromatic rings. The van der Waals surface area contributed by atoms with E-state index in [1.807, 2.05) is 36.4 Å². The van der Waals surface area contributed by atoms with E-state index in [1.165, 1.54) is 11.1 Å². The van der Waals surface area contributed by atoms with Crippen molar-refractivity contribution in [2.75, 3.05) is 24.1 Å². The van der Waals surface area contributed by atoms with Gasteiger partial charge in [-0.15, -0.1) is 0 Å². The van der Waals surface area contributed by atoms with Crippen LogP contribution in [0.2, 0.25) is 0 Å². The quantitative estimate of drug-likeness (QED) is 0.471. The number of hydrogen-bond donors (Lipinski definition) is 2. The van der Waals surface area contributed by atoms with Crippen LogP contribution in [0.5, 0.6) is 0 Å². The van der Waals surface area contributed by atoms with Gasteiger partial charge in [0.25, 0.3) is 0 Å². The van der Waals surface area contributed by atoms with Crippen molar-refractivity contribution in [3.8, 4) is 0 Å². The van der Waals surface area contributed by atoms with Gasteiger partial charge in [0.05, 0.1) is 11.4 Å². The average Bonchev–Trinajstić information content (AvgIpc) is 2.82. The molecule has 0 bridgehead atoms. The van der Waals surface area contributed by atoms with Gasteiger partial charge in [0.2, 0.25) is 0 Å². The molecule has 0 atom stereocenters. The molecule has 1 heterocycles. The molecule has 0 aliphatic carbocycles. The lowest BCUT2D eigenvalue weighted by Gasteiger charge is -2.31. The van der Waals surface area contributed by atoms with Gasteiger partial charge in [-0.1, -0.05) is 66.7 Å². The summed E-state index contributed by atoms with van der Waals surface area (Å²) in [4.78, 5) is 26.9. The lowest BCUT2D eigenvalue weighted by Crippen LogP contribution is -2.44. The first-order valence-electron chi connectivity index (χ1n) is 11.1. The van der Waals surface area contributed by atoms with Crippen LogP contribution in [0.25, 0.3) is 0 Å². The highest BCUT2D eigenvalue weighted by Gasteiger charge is 2.27. The van der Waals surface area contributed by atoms with Gasteiger partial charge in [-0.3, -0.25) is 9.59 Å². The molecule has 5 nitrogen and oxygen atoms in total. The Kier molecular flexibility index (Phi) is 6.85. The Balaban J connectivity index is 1.29. The second-order valence-corrected chi connectivity index (χ2v) is 8.46. The molecular weight excluding hydrogens is 398 g/mol. The third kappa shape index (κ3) is 5.55. The Morgan fingerprint density at radius 1 is 0.844 bits per heavy atom. The smallest absolute Gasteiger partial charge is 0.313 e. The fraction of sp³-hybridized carbons (Fsp3) is 0.259. The van der Waals surface area contributed by atoms with Crippen molar-refractivity contribution in [1.29, 1.82) is 0 Å². The van der Waals surface area contributed by atoms with Crippen LogP contribution in [-0.2, 0) is 22.4 Å². The zero-order chi connectivity index (χ0) is 22.3. The molecule has 0 aromatic heterocycles. The third-order valence-electron chi connectivity index (χ3n) is 6.08. The second-order valence-electron chi connectivity index (χ2n) is 8.46. The molecule has 5 heteroatoms. The molecule has 2 amide bonds. The van der Waals surface area contributed by atoms with Gasteiger partial charge in [0, 0.05) is 13.1 Å². The second kappa shape index (κ2) is 10.1. The zero-order valence-electron chi connectivity index (χ0n) is 18.2. The first-order valence-corrected chi connectivity index (χ1v) is 11.1. The highest BCUT2D eigenvalue weighted by molar-refractivity contribution is 6.39. The van der Waals surface area contributed by atoms with Crippen molar-refractivity contribution in [2.24, 2.45) is 5.92 Å². The zero-order valence-corrected chi connectivity index (χ0v) is 18.2. The highest BCUT2D eigenvalue weighted by atomic mass is 16.2. The Morgan fingerprint density at radius 3 is 2.09 bits per heavy atom. The fourth-order valence-electron chi connectivity index (χ4n) is 4.27. The van der Waals surface area contributed by atoms with Crippen LogP contribution >= 0.6 is 0 Å². The van der Waals surface area contributed by atoms with E-state index < -0.39 is 11.8 Å². The van der Waals surface area contributed by atoms with Crippen molar-refractivity contribution in [3.63, 3.8) is 0 Å². The Labute approximate surface area is 189 Å². The number of rotatable bonds is 5.